The molecule has 21 heavy (non-hydrogen) atoms. The van der Waals surface area contributed by atoms with Crippen molar-refractivity contribution in [3.63, 3.8) is 0 Å². The molecular formula is C18H20ClO2. The molecule has 111 valence electrons. The summed E-state index contributed by atoms with van der Waals surface area (Å²) >= 11 is 6.01. The smallest absolute Gasteiger partial charge is 0.123 e. The molecule has 0 heterocycles. The molecule has 0 bridgehead atoms. The maximum Gasteiger partial charge on any atom is 0.123 e. The molecule has 1 fully saturated rings. The van der Waals surface area contributed by atoms with E-state index in [2.05, 4.69) is 18.6 Å². The van der Waals surface area contributed by atoms with Crippen LogP contribution in [0.3, 0.4) is 0 Å². The first kappa shape index (κ1) is 14.8. The zero-order valence-electron chi connectivity index (χ0n) is 12.4. The molecule has 0 spiro atoms. The van der Waals surface area contributed by atoms with Gasteiger partial charge in [0.05, 0.1) is 6.61 Å². The number of methoxy groups -OCH3 is 2. The molecule has 1 unspecified atom stereocenters. The number of rotatable bonds is 5. The largest absolute Gasteiger partial charge is 0.380 e. The van der Waals surface area contributed by atoms with Gasteiger partial charge in [0.25, 0.3) is 0 Å². The Morgan fingerprint density at radius 1 is 1.19 bits per heavy atom. The van der Waals surface area contributed by atoms with Crippen molar-refractivity contribution >= 4 is 11.6 Å². The highest BCUT2D eigenvalue weighted by Gasteiger charge is 2.40. The first-order chi connectivity index (χ1) is 10.2. The second kappa shape index (κ2) is 5.96. The lowest BCUT2D eigenvalue weighted by atomic mass is 9.78. The van der Waals surface area contributed by atoms with Crippen LogP contribution in [0.15, 0.2) is 47.6 Å². The van der Waals surface area contributed by atoms with Crippen molar-refractivity contribution in [2.75, 3.05) is 20.8 Å². The molecule has 3 heteroatoms. The van der Waals surface area contributed by atoms with Gasteiger partial charge in [-0.1, -0.05) is 35.9 Å². The SMILES string of the molecule is COCC1=CC(C2CC2)=C[CH]C1(OC)c1ccc(Cl)cc1. The third-order valence-corrected chi connectivity index (χ3v) is 4.52. The van der Waals surface area contributed by atoms with E-state index in [-0.39, 0.29) is 0 Å². The van der Waals surface area contributed by atoms with Gasteiger partial charge in [-0.15, -0.1) is 0 Å². The van der Waals surface area contributed by atoms with Crippen LogP contribution in [0.4, 0.5) is 0 Å². The Morgan fingerprint density at radius 2 is 1.90 bits per heavy atom. The third kappa shape index (κ3) is 2.80. The van der Waals surface area contributed by atoms with Crippen LogP contribution < -0.4 is 0 Å². The topological polar surface area (TPSA) is 18.5 Å². The fourth-order valence-electron chi connectivity index (χ4n) is 2.95. The second-order valence-electron chi connectivity index (χ2n) is 5.66. The van der Waals surface area contributed by atoms with Crippen LogP contribution in [0.2, 0.25) is 5.02 Å². The van der Waals surface area contributed by atoms with Crippen LogP contribution in [0.5, 0.6) is 0 Å². The summed E-state index contributed by atoms with van der Waals surface area (Å²) in [5, 5.41) is 0.729. The zero-order chi connectivity index (χ0) is 14.9. The fourth-order valence-corrected chi connectivity index (χ4v) is 3.07. The average molecular weight is 304 g/mol. The van der Waals surface area contributed by atoms with Gasteiger partial charge in [0.1, 0.15) is 5.60 Å². The Kier molecular flexibility index (Phi) is 4.21. The van der Waals surface area contributed by atoms with Crippen LogP contribution in [-0.2, 0) is 15.1 Å². The van der Waals surface area contributed by atoms with E-state index in [1.54, 1.807) is 14.2 Å². The molecule has 0 N–H and O–H groups in total. The first-order valence-corrected chi connectivity index (χ1v) is 7.64. The Morgan fingerprint density at radius 3 is 2.48 bits per heavy atom. The maximum atomic E-state index is 6.01. The van der Waals surface area contributed by atoms with E-state index in [1.807, 2.05) is 24.3 Å². The van der Waals surface area contributed by atoms with Crippen molar-refractivity contribution in [2.24, 2.45) is 5.92 Å². The highest BCUT2D eigenvalue weighted by molar-refractivity contribution is 6.30. The molecule has 1 aromatic rings. The van der Waals surface area contributed by atoms with E-state index in [0.29, 0.717) is 12.5 Å². The number of halogens is 1. The van der Waals surface area contributed by atoms with E-state index >= 15 is 0 Å². The molecule has 0 aromatic heterocycles. The van der Waals surface area contributed by atoms with Crippen LogP contribution >= 0.6 is 11.6 Å². The summed E-state index contributed by atoms with van der Waals surface area (Å²) in [5.41, 5.74) is 3.05. The molecule has 2 aliphatic carbocycles. The van der Waals surface area contributed by atoms with Crippen molar-refractivity contribution < 1.29 is 9.47 Å². The highest BCUT2D eigenvalue weighted by Crippen LogP contribution is 2.46. The molecule has 1 saturated carbocycles. The summed E-state index contributed by atoms with van der Waals surface area (Å²) in [6.45, 7) is 0.553. The second-order valence-corrected chi connectivity index (χ2v) is 6.09. The molecule has 3 rings (SSSR count). The summed E-state index contributed by atoms with van der Waals surface area (Å²) in [4.78, 5) is 0. The summed E-state index contributed by atoms with van der Waals surface area (Å²) in [5.74, 6) is 0.716. The van der Waals surface area contributed by atoms with Gasteiger partial charge in [-0.05, 0) is 47.6 Å². The Hall–Kier alpha value is -1.09. The predicted molar refractivity (Wildman–Crippen MR) is 85.2 cm³/mol. The van der Waals surface area contributed by atoms with E-state index in [1.165, 1.54) is 18.4 Å². The van der Waals surface area contributed by atoms with Gasteiger partial charge in [0.2, 0.25) is 0 Å². The van der Waals surface area contributed by atoms with Crippen LogP contribution in [-0.4, -0.2) is 20.8 Å². The minimum atomic E-state index is -0.557. The molecule has 2 aliphatic rings. The monoisotopic (exact) mass is 303 g/mol. The van der Waals surface area contributed by atoms with E-state index in [4.69, 9.17) is 21.1 Å². The minimum Gasteiger partial charge on any atom is -0.380 e. The number of hydrogen-bond acceptors (Lipinski definition) is 2. The van der Waals surface area contributed by atoms with Gasteiger partial charge in [-0.25, -0.2) is 0 Å². The lowest BCUT2D eigenvalue weighted by Crippen LogP contribution is -2.35. The Balaban J connectivity index is 1.99. The van der Waals surface area contributed by atoms with Gasteiger partial charge in [-0.3, -0.25) is 0 Å². The highest BCUT2D eigenvalue weighted by atomic mass is 35.5. The van der Waals surface area contributed by atoms with Crippen LogP contribution in [0.25, 0.3) is 0 Å². The van der Waals surface area contributed by atoms with Crippen molar-refractivity contribution in [1.29, 1.82) is 0 Å². The van der Waals surface area contributed by atoms with Crippen LogP contribution in [0.1, 0.15) is 18.4 Å². The summed E-state index contributed by atoms with van der Waals surface area (Å²) in [7, 11) is 3.46. The summed E-state index contributed by atoms with van der Waals surface area (Å²) < 4.78 is 11.3. The van der Waals surface area contributed by atoms with Gasteiger partial charge in [-0.2, -0.15) is 0 Å². The molecule has 2 nitrogen and oxygen atoms in total. The average Bonchev–Trinajstić information content (AvgIpc) is 3.33. The molecule has 0 saturated heterocycles. The predicted octanol–water partition coefficient (Wildman–Crippen LogP) is 4.31. The fraction of sp³-hybridized carbons (Fsp3) is 0.389. The van der Waals surface area contributed by atoms with Crippen molar-refractivity contribution in [2.45, 2.75) is 18.4 Å². The van der Waals surface area contributed by atoms with E-state index in [0.717, 1.165) is 16.2 Å². The first-order valence-electron chi connectivity index (χ1n) is 7.27. The van der Waals surface area contributed by atoms with Gasteiger partial charge in [0, 0.05) is 25.7 Å². The van der Waals surface area contributed by atoms with Crippen molar-refractivity contribution in [1.82, 2.24) is 0 Å². The molecule has 0 amide bonds. The zero-order valence-corrected chi connectivity index (χ0v) is 13.2. The Bertz CT molecular complexity index is 569. The maximum absolute atomic E-state index is 6.01. The number of ether oxygens (including phenoxy) is 2. The van der Waals surface area contributed by atoms with Crippen LogP contribution in [0, 0.1) is 12.3 Å². The molecular weight excluding hydrogens is 284 g/mol. The molecule has 1 radical (unpaired) electrons. The molecule has 1 atom stereocenters. The molecule has 0 aliphatic heterocycles. The van der Waals surface area contributed by atoms with Crippen molar-refractivity contribution in [3.8, 4) is 0 Å². The summed E-state index contributed by atoms with van der Waals surface area (Å²) in [6.07, 6.45) is 9.18. The number of allylic oxidation sites excluding steroid dienone is 2. The van der Waals surface area contributed by atoms with Gasteiger partial charge in [0.15, 0.2) is 0 Å². The summed E-state index contributed by atoms with van der Waals surface area (Å²) in [6, 6.07) is 7.83. The lowest BCUT2D eigenvalue weighted by molar-refractivity contribution is 0.0360. The van der Waals surface area contributed by atoms with Gasteiger partial charge < -0.3 is 9.47 Å². The van der Waals surface area contributed by atoms with E-state index < -0.39 is 5.60 Å². The lowest BCUT2D eigenvalue weighted by Gasteiger charge is -2.37. The normalized spacial score (nSPS) is 25.5. The van der Waals surface area contributed by atoms with Crippen molar-refractivity contribution in [3.05, 3.63) is 64.6 Å². The molecule has 1 aromatic carbocycles. The quantitative estimate of drug-likeness (QED) is 0.807. The Labute approximate surface area is 131 Å². The minimum absolute atomic E-state index is 0.553. The number of benzene rings is 1. The van der Waals surface area contributed by atoms with Gasteiger partial charge >= 0.3 is 0 Å². The third-order valence-electron chi connectivity index (χ3n) is 4.27. The standard InChI is InChI=1S/C18H20ClO2/c1-20-12-16-11-14(13-3-4-13)9-10-18(16,21-2)15-5-7-17(19)8-6-15/h5-11,13H,3-4,12H2,1-2H3. The number of hydrogen-bond donors (Lipinski definition) is 0. The van der Waals surface area contributed by atoms with E-state index in [9.17, 15) is 0 Å².